The first-order valence-electron chi connectivity index (χ1n) is 6.28. The predicted octanol–water partition coefficient (Wildman–Crippen LogP) is 4.07. The molecule has 0 fully saturated rings. The molecule has 19 heavy (non-hydrogen) atoms. The molecule has 1 aromatic carbocycles. The van der Waals surface area contributed by atoms with Crippen LogP contribution in [0, 0.1) is 12.7 Å². The molecule has 0 bridgehead atoms. The van der Waals surface area contributed by atoms with Crippen molar-refractivity contribution in [3.63, 3.8) is 0 Å². The molecule has 0 saturated carbocycles. The fourth-order valence-corrected chi connectivity index (χ4v) is 4.64. The van der Waals surface area contributed by atoms with Gasteiger partial charge in [-0.2, -0.15) is 11.8 Å². The molecule has 1 nitrogen and oxygen atoms in total. The van der Waals surface area contributed by atoms with E-state index in [9.17, 15) is 9.50 Å². The van der Waals surface area contributed by atoms with E-state index >= 15 is 0 Å². The van der Waals surface area contributed by atoms with Gasteiger partial charge in [-0.25, -0.2) is 4.39 Å². The minimum Gasteiger partial charge on any atom is -0.383 e. The zero-order valence-corrected chi connectivity index (χ0v) is 12.3. The minimum atomic E-state index is -0.712. The van der Waals surface area contributed by atoms with Crippen molar-refractivity contribution >= 4 is 23.1 Å². The molecule has 3 rings (SSSR count). The van der Waals surface area contributed by atoms with Crippen LogP contribution >= 0.6 is 23.1 Å². The number of thiophene rings is 1. The molecule has 100 valence electrons. The van der Waals surface area contributed by atoms with E-state index in [1.807, 2.05) is 11.8 Å². The summed E-state index contributed by atoms with van der Waals surface area (Å²) >= 11 is 3.59. The van der Waals surface area contributed by atoms with Gasteiger partial charge in [0, 0.05) is 15.5 Å². The molecule has 0 radical (unpaired) electrons. The van der Waals surface area contributed by atoms with Crippen LogP contribution in [-0.4, -0.2) is 10.9 Å². The summed E-state index contributed by atoms with van der Waals surface area (Å²) < 4.78 is 13.6. The van der Waals surface area contributed by atoms with Crippen molar-refractivity contribution in [2.75, 3.05) is 5.75 Å². The van der Waals surface area contributed by atoms with Crippen LogP contribution in [0.3, 0.4) is 0 Å². The summed E-state index contributed by atoms with van der Waals surface area (Å²) in [4.78, 5) is 2.30. The van der Waals surface area contributed by atoms with Crippen molar-refractivity contribution in [3.05, 3.63) is 56.5 Å². The van der Waals surface area contributed by atoms with Crippen LogP contribution in [0.4, 0.5) is 4.39 Å². The Morgan fingerprint density at radius 1 is 1.32 bits per heavy atom. The molecule has 1 N–H and O–H groups in total. The highest BCUT2D eigenvalue weighted by Crippen LogP contribution is 2.36. The van der Waals surface area contributed by atoms with Gasteiger partial charge in [-0.1, -0.05) is 12.1 Å². The number of aliphatic hydroxyl groups excluding tert-OH is 1. The molecule has 2 aromatic rings. The fourth-order valence-electron chi connectivity index (χ4n) is 2.25. The molecule has 1 atom stereocenters. The largest absolute Gasteiger partial charge is 0.383 e. The zero-order valence-electron chi connectivity index (χ0n) is 10.6. The third kappa shape index (κ3) is 2.57. The Kier molecular flexibility index (Phi) is 3.65. The van der Waals surface area contributed by atoms with Gasteiger partial charge in [-0.3, -0.25) is 0 Å². The summed E-state index contributed by atoms with van der Waals surface area (Å²) in [5.41, 5.74) is 2.58. The van der Waals surface area contributed by atoms with Gasteiger partial charge in [-0.15, -0.1) is 11.3 Å². The van der Waals surface area contributed by atoms with E-state index in [0.717, 1.165) is 22.8 Å². The average molecular weight is 294 g/mol. The van der Waals surface area contributed by atoms with Crippen LogP contribution in [0.1, 0.15) is 32.5 Å². The summed E-state index contributed by atoms with van der Waals surface area (Å²) in [5, 5.41) is 10.4. The van der Waals surface area contributed by atoms with E-state index in [1.165, 1.54) is 16.5 Å². The van der Waals surface area contributed by atoms with Crippen LogP contribution in [0.15, 0.2) is 24.3 Å². The molecule has 0 amide bonds. The second-order valence-corrected chi connectivity index (χ2v) is 7.08. The number of benzene rings is 1. The third-order valence-electron chi connectivity index (χ3n) is 3.43. The quantitative estimate of drug-likeness (QED) is 0.901. The maximum absolute atomic E-state index is 13.6. The van der Waals surface area contributed by atoms with E-state index in [0.29, 0.717) is 11.1 Å². The van der Waals surface area contributed by atoms with Gasteiger partial charge in [-0.05, 0) is 47.9 Å². The van der Waals surface area contributed by atoms with E-state index in [-0.39, 0.29) is 5.82 Å². The maximum Gasteiger partial charge on any atom is 0.126 e. The van der Waals surface area contributed by atoms with E-state index in [4.69, 9.17) is 0 Å². The smallest absolute Gasteiger partial charge is 0.126 e. The molecule has 0 aliphatic carbocycles. The Bertz CT molecular complexity index is 583. The standard InChI is InChI=1S/C15H15FOS2/c1-9-2-3-10(6-12(9)16)15(17)14-7-11-8-18-5-4-13(11)19-14/h2-3,6-7,15,17H,4-5,8H2,1H3. The van der Waals surface area contributed by atoms with Crippen LogP contribution in [0.5, 0.6) is 0 Å². The van der Waals surface area contributed by atoms with Crippen molar-refractivity contribution in [2.24, 2.45) is 0 Å². The van der Waals surface area contributed by atoms with Gasteiger partial charge < -0.3 is 5.11 Å². The molecule has 0 saturated heterocycles. The Labute approximate surface area is 120 Å². The molecule has 1 aliphatic heterocycles. The minimum absolute atomic E-state index is 0.256. The van der Waals surface area contributed by atoms with Crippen molar-refractivity contribution in [1.82, 2.24) is 0 Å². The fraction of sp³-hybridized carbons (Fsp3) is 0.333. The van der Waals surface area contributed by atoms with Crippen molar-refractivity contribution in [2.45, 2.75) is 25.2 Å². The van der Waals surface area contributed by atoms with Gasteiger partial charge in [0.1, 0.15) is 11.9 Å². The van der Waals surface area contributed by atoms with Crippen molar-refractivity contribution in [1.29, 1.82) is 0 Å². The van der Waals surface area contributed by atoms with Gasteiger partial charge in [0.05, 0.1) is 0 Å². The number of aliphatic hydroxyl groups is 1. The lowest BCUT2D eigenvalue weighted by atomic mass is 10.1. The molecule has 2 heterocycles. The molecule has 4 heteroatoms. The van der Waals surface area contributed by atoms with Gasteiger partial charge in [0.25, 0.3) is 0 Å². The molecule has 1 unspecified atom stereocenters. The number of fused-ring (bicyclic) bond motifs is 1. The maximum atomic E-state index is 13.6. The average Bonchev–Trinajstić information content (AvgIpc) is 2.85. The SMILES string of the molecule is Cc1ccc(C(O)c2cc3c(s2)CCSC3)cc1F. The summed E-state index contributed by atoms with van der Waals surface area (Å²) in [6.07, 6.45) is 0.371. The van der Waals surface area contributed by atoms with E-state index < -0.39 is 6.10 Å². The second kappa shape index (κ2) is 5.27. The van der Waals surface area contributed by atoms with Gasteiger partial charge >= 0.3 is 0 Å². The number of hydrogen-bond donors (Lipinski definition) is 1. The number of aryl methyl sites for hydroxylation is 2. The Morgan fingerprint density at radius 3 is 2.89 bits per heavy atom. The summed E-state index contributed by atoms with van der Waals surface area (Å²) in [5.74, 6) is 1.93. The number of halogens is 1. The second-order valence-electron chi connectivity index (χ2n) is 4.81. The van der Waals surface area contributed by atoms with Crippen molar-refractivity contribution < 1.29 is 9.50 Å². The highest BCUT2D eigenvalue weighted by molar-refractivity contribution is 7.98. The summed E-state index contributed by atoms with van der Waals surface area (Å²) in [6.45, 7) is 1.73. The lowest BCUT2D eigenvalue weighted by molar-refractivity contribution is 0.223. The lowest BCUT2D eigenvalue weighted by Gasteiger charge is -2.09. The Morgan fingerprint density at radius 2 is 2.16 bits per heavy atom. The van der Waals surface area contributed by atoms with Gasteiger partial charge in [0.15, 0.2) is 0 Å². The lowest BCUT2D eigenvalue weighted by Crippen LogP contribution is -1.98. The topological polar surface area (TPSA) is 20.2 Å². The molecule has 0 spiro atoms. The molecule has 1 aliphatic rings. The monoisotopic (exact) mass is 294 g/mol. The van der Waals surface area contributed by atoms with Gasteiger partial charge in [0.2, 0.25) is 0 Å². The predicted molar refractivity (Wildman–Crippen MR) is 79.4 cm³/mol. The van der Waals surface area contributed by atoms with Crippen LogP contribution in [-0.2, 0) is 12.2 Å². The molecule has 1 aromatic heterocycles. The van der Waals surface area contributed by atoms with Crippen LogP contribution in [0.2, 0.25) is 0 Å². The first-order valence-corrected chi connectivity index (χ1v) is 8.25. The van der Waals surface area contributed by atoms with E-state index in [2.05, 4.69) is 6.07 Å². The Hall–Kier alpha value is -0.840. The first kappa shape index (κ1) is 13.2. The Balaban J connectivity index is 1.92. The third-order valence-corrected chi connectivity index (χ3v) is 5.73. The number of hydrogen-bond acceptors (Lipinski definition) is 3. The van der Waals surface area contributed by atoms with Crippen LogP contribution < -0.4 is 0 Å². The highest BCUT2D eigenvalue weighted by Gasteiger charge is 2.19. The number of rotatable bonds is 2. The number of thioether (sulfide) groups is 1. The molecular formula is C15H15FOS2. The molecular weight excluding hydrogens is 279 g/mol. The first-order chi connectivity index (χ1) is 9.15. The van der Waals surface area contributed by atoms with E-state index in [1.54, 1.807) is 30.4 Å². The normalized spacial score (nSPS) is 16.2. The summed E-state index contributed by atoms with van der Waals surface area (Å²) in [6, 6.07) is 7.04. The van der Waals surface area contributed by atoms with Crippen molar-refractivity contribution in [3.8, 4) is 0 Å². The zero-order chi connectivity index (χ0) is 13.4. The highest BCUT2D eigenvalue weighted by atomic mass is 32.2. The van der Waals surface area contributed by atoms with Crippen LogP contribution in [0.25, 0.3) is 0 Å². The summed E-state index contributed by atoms with van der Waals surface area (Å²) in [7, 11) is 0.